The molecule has 0 aromatic carbocycles. The largest absolute Gasteiger partial charge is 0.444 e. The standard InChI is InChI=1S/C16H25N3O3/c1-12(13-7-5-9-17-11-13)19-14(20)8-6-10-18-15(21)22-16(2,3)4/h5,7,9,11-12H,6,8,10H2,1-4H3,(H,18,21)(H,19,20). The van der Waals surface area contributed by atoms with E-state index in [2.05, 4.69) is 15.6 Å². The normalized spacial score (nSPS) is 12.4. The molecule has 122 valence electrons. The van der Waals surface area contributed by atoms with Gasteiger partial charge in [0.05, 0.1) is 6.04 Å². The molecule has 0 aliphatic heterocycles. The summed E-state index contributed by atoms with van der Waals surface area (Å²) in [6, 6.07) is 3.67. The molecule has 22 heavy (non-hydrogen) atoms. The van der Waals surface area contributed by atoms with E-state index in [4.69, 9.17) is 4.74 Å². The van der Waals surface area contributed by atoms with Crippen LogP contribution >= 0.6 is 0 Å². The van der Waals surface area contributed by atoms with Crippen LogP contribution in [0.1, 0.15) is 52.1 Å². The van der Waals surface area contributed by atoms with E-state index in [9.17, 15) is 9.59 Å². The van der Waals surface area contributed by atoms with Gasteiger partial charge in [-0.05, 0) is 45.7 Å². The number of ether oxygens (including phenoxy) is 1. The maximum absolute atomic E-state index is 11.8. The molecule has 2 amide bonds. The number of pyridine rings is 1. The first-order valence-corrected chi connectivity index (χ1v) is 7.44. The fourth-order valence-corrected chi connectivity index (χ4v) is 1.78. The SMILES string of the molecule is CC(NC(=O)CCCNC(=O)OC(C)(C)C)c1cccnc1. The lowest BCUT2D eigenvalue weighted by Gasteiger charge is -2.19. The lowest BCUT2D eigenvalue weighted by atomic mass is 10.1. The Morgan fingerprint density at radius 1 is 1.36 bits per heavy atom. The Morgan fingerprint density at radius 3 is 2.68 bits per heavy atom. The van der Waals surface area contributed by atoms with Crippen molar-refractivity contribution in [3.05, 3.63) is 30.1 Å². The van der Waals surface area contributed by atoms with Crippen LogP contribution in [-0.4, -0.2) is 29.1 Å². The summed E-state index contributed by atoms with van der Waals surface area (Å²) in [7, 11) is 0. The third kappa shape index (κ3) is 7.61. The van der Waals surface area contributed by atoms with Gasteiger partial charge in [0.15, 0.2) is 0 Å². The van der Waals surface area contributed by atoms with Crippen LogP contribution in [0.15, 0.2) is 24.5 Å². The fourth-order valence-electron chi connectivity index (χ4n) is 1.78. The molecule has 2 N–H and O–H groups in total. The van der Waals surface area contributed by atoms with Crippen LogP contribution in [0.3, 0.4) is 0 Å². The van der Waals surface area contributed by atoms with Gasteiger partial charge >= 0.3 is 6.09 Å². The average molecular weight is 307 g/mol. The number of rotatable bonds is 6. The van der Waals surface area contributed by atoms with Crippen molar-refractivity contribution in [1.82, 2.24) is 15.6 Å². The summed E-state index contributed by atoms with van der Waals surface area (Å²) in [5.41, 5.74) is 0.448. The maximum Gasteiger partial charge on any atom is 0.407 e. The molecule has 0 saturated carbocycles. The number of carbonyl (C=O) groups is 2. The van der Waals surface area contributed by atoms with Crippen molar-refractivity contribution < 1.29 is 14.3 Å². The number of carbonyl (C=O) groups excluding carboxylic acids is 2. The molecule has 0 aliphatic carbocycles. The molecule has 1 heterocycles. The zero-order chi connectivity index (χ0) is 16.6. The van der Waals surface area contributed by atoms with Gasteiger partial charge < -0.3 is 15.4 Å². The Morgan fingerprint density at radius 2 is 2.09 bits per heavy atom. The van der Waals surface area contributed by atoms with Crippen LogP contribution in [0.2, 0.25) is 0 Å². The summed E-state index contributed by atoms with van der Waals surface area (Å²) in [6.45, 7) is 7.73. The molecule has 6 heteroatoms. The van der Waals surface area contributed by atoms with Crippen LogP contribution in [0.5, 0.6) is 0 Å². The Kier molecular flexibility index (Phi) is 6.82. The molecule has 1 rings (SSSR count). The zero-order valence-electron chi connectivity index (χ0n) is 13.7. The molecule has 1 atom stereocenters. The van der Waals surface area contributed by atoms with Gasteiger partial charge in [0.25, 0.3) is 0 Å². The predicted molar refractivity (Wildman–Crippen MR) is 84.3 cm³/mol. The number of nitrogens with one attached hydrogen (secondary N) is 2. The van der Waals surface area contributed by atoms with Crippen molar-refractivity contribution in [3.63, 3.8) is 0 Å². The minimum absolute atomic E-state index is 0.0534. The highest BCUT2D eigenvalue weighted by Crippen LogP contribution is 2.10. The van der Waals surface area contributed by atoms with E-state index in [-0.39, 0.29) is 11.9 Å². The molecule has 0 radical (unpaired) electrons. The van der Waals surface area contributed by atoms with Crippen molar-refractivity contribution in [1.29, 1.82) is 0 Å². The Hall–Kier alpha value is -2.11. The molecule has 1 unspecified atom stereocenters. The first-order chi connectivity index (χ1) is 10.3. The molecule has 0 spiro atoms. The number of alkyl carbamates (subject to hydrolysis) is 1. The highest BCUT2D eigenvalue weighted by molar-refractivity contribution is 5.76. The Bertz CT molecular complexity index is 483. The average Bonchev–Trinajstić information content (AvgIpc) is 2.42. The van der Waals surface area contributed by atoms with Gasteiger partial charge in [-0.15, -0.1) is 0 Å². The van der Waals surface area contributed by atoms with E-state index in [0.717, 1.165) is 5.56 Å². The first-order valence-electron chi connectivity index (χ1n) is 7.44. The monoisotopic (exact) mass is 307 g/mol. The van der Waals surface area contributed by atoms with E-state index in [0.29, 0.717) is 19.4 Å². The summed E-state index contributed by atoms with van der Waals surface area (Å²) in [5.74, 6) is -0.0534. The highest BCUT2D eigenvalue weighted by Gasteiger charge is 2.15. The molecule has 6 nitrogen and oxygen atoms in total. The lowest BCUT2D eigenvalue weighted by Crippen LogP contribution is -2.33. The number of nitrogens with zero attached hydrogens (tertiary/aromatic N) is 1. The van der Waals surface area contributed by atoms with Crippen LogP contribution < -0.4 is 10.6 Å². The fraction of sp³-hybridized carbons (Fsp3) is 0.562. The zero-order valence-corrected chi connectivity index (χ0v) is 13.7. The Balaban J connectivity index is 2.20. The quantitative estimate of drug-likeness (QED) is 0.792. The van der Waals surface area contributed by atoms with E-state index < -0.39 is 11.7 Å². The van der Waals surface area contributed by atoms with Gasteiger partial charge in [-0.25, -0.2) is 4.79 Å². The van der Waals surface area contributed by atoms with E-state index >= 15 is 0 Å². The van der Waals surface area contributed by atoms with Crippen LogP contribution in [0.25, 0.3) is 0 Å². The van der Waals surface area contributed by atoms with Gasteiger partial charge in [0, 0.05) is 25.4 Å². The van der Waals surface area contributed by atoms with Gasteiger partial charge in [-0.3, -0.25) is 9.78 Å². The molecular weight excluding hydrogens is 282 g/mol. The van der Waals surface area contributed by atoms with E-state index in [1.165, 1.54) is 0 Å². The molecular formula is C16H25N3O3. The summed E-state index contributed by atoms with van der Waals surface area (Å²) in [5, 5.41) is 5.53. The van der Waals surface area contributed by atoms with Crippen molar-refractivity contribution in [2.75, 3.05) is 6.54 Å². The van der Waals surface area contributed by atoms with E-state index in [1.54, 1.807) is 33.2 Å². The van der Waals surface area contributed by atoms with Crippen molar-refractivity contribution in [2.24, 2.45) is 0 Å². The molecule has 0 aliphatic rings. The van der Waals surface area contributed by atoms with Crippen LogP contribution in [0, 0.1) is 0 Å². The molecule has 0 bridgehead atoms. The number of hydrogen-bond acceptors (Lipinski definition) is 4. The second-order valence-corrected chi connectivity index (χ2v) is 6.11. The second-order valence-electron chi connectivity index (χ2n) is 6.11. The lowest BCUT2D eigenvalue weighted by molar-refractivity contribution is -0.121. The molecule has 0 fully saturated rings. The third-order valence-electron chi connectivity index (χ3n) is 2.81. The van der Waals surface area contributed by atoms with E-state index in [1.807, 2.05) is 19.1 Å². The van der Waals surface area contributed by atoms with Crippen LogP contribution in [0.4, 0.5) is 4.79 Å². The van der Waals surface area contributed by atoms with Gasteiger partial charge in [0.2, 0.25) is 5.91 Å². The summed E-state index contributed by atoms with van der Waals surface area (Å²) < 4.78 is 5.11. The van der Waals surface area contributed by atoms with Gasteiger partial charge in [-0.1, -0.05) is 6.07 Å². The summed E-state index contributed by atoms with van der Waals surface area (Å²) >= 11 is 0. The first kappa shape index (κ1) is 17.9. The van der Waals surface area contributed by atoms with Gasteiger partial charge in [-0.2, -0.15) is 0 Å². The third-order valence-corrected chi connectivity index (χ3v) is 2.81. The number of hydrogen-bond donors (Lipinski definition) is 2. The summed E-state index contributed by atoms with van der Waals surface area (Å²) in [4.78, 5) is 27.3. The molecule has 0 saturated heterocycles. The van der Waals surface area contributed by atoms with Crippen molar-refractivity contribution in [3.8, 4) is 0 Å². The number of aromatic nitrogens is 1. The smallest absolute Gasteiger partial charge is 0.407 e. The van der Waals surface area contributed by atoms with Crippen LogP contribution in [-0.2, 0) is 9.53 Å². The van der Waals surface area contributed by atoms with Gasteiger partial charge in [0.1, 0.15) is 5.60 Å². The predicted octanol–water partition coefficient (Wildman–Crippen LogP) is 2.56. The maximum atomic E-state index is 11.8. The topological polar surface area (TPSA) is 80.3 Å². The summed E-state index contributed by atoms with van der Waals surface area (Å²) in [6.07, 6.45) is 3.87. The minimum atomic E-state index is -0.513. The molecule has 1 aromatic rings. The molecule has 1 aromatic heterocycles. The van der Waals surface area contributed by atoms with Crippen molar-refractivity contribution in [2.45, 2.75) is 52.2 Å². The van der Waals surface area contributed by atoms with Crippen molar-refractivity contribution >= 4 is 12.0 Å². The second kappa shape index (κ2) is 8.36. The minimum Gasteiger partial charge on any atom is -0.444 e. The number of amides is 2. The Labute approximate surface area is 131 Å². The highest BCUT2D eigenvalue weighted by atomic mass is 16.6.